The molecule has 0 saturated carbocycles. The molecule has 0 radical (unpaired) electrons. The largest absolute Gasteiger partial charge is 0.352 e. The fraction of sp³-hybridized carbons (Fsp3) is 0.417. The highest BCUT2D eigenvalue weighted by Gasteiger charge is 2.13. The number of amides is 1. The van der Waals surface area contributed by atoms with Gasteiger partial charge in [0.15, 0.2) is 0 Å². The molecule has 0 aliphatic rings. The van der Waals surface area contributed by atoms with Crippen LogP contribution in [0.3, 0.4) is 0 Å². The fourth-order valence-electron chi connectivity index (χ4n) is 1.81. The molecule has 6 nitrogen and oxygen atoms in total. The molecule has 2 N–H and O–H groups in total. The summed E-state index contributed by atoms with van der Waals surface area (Å²) in [4.78, 5) is 18.9. The standard InChI is InChI=1S/C12H17N5O/c1-3-11-10(7-17(2)16-11)12(18)14-5-4-9-6-13-8-15-9/h6-8H,3-5H2,1-2H3,(H,13,15)(H,14,18). The van der Waals surface area contributed by atoms with Gasteiger partial charge in [-0.25, -0.2) is 4.98 Å². The van der Waals surface area contributed by atoms with Crippen LogP contribution in [0, 0.1) is 0 Å². The molecule has 96 valence electrons. The minimum atomic E-state index is -0.0699. The van der Waals surface area contributed by atoms with Crippen LogP contribution < -0.4 is 5.32 Å². The number of carbonyl (C=O) groups is 1. The SMILES string of the molecule is CCc1nn(C)cc1C(=O)NCCc1cnc[nH]1. The van der Waals surface area contributed by atoms with Gasteiger partial charge in [0.2, 0.25) is 0 Å². The normalized spacial score (nSPS) is 10.6. The third kappa shape index (κ3) is 2.77. The van der Waals surface area contributed by atoms with E-state index in [1.807, 2.05) is 14.0 Å². The number of nitrogens with zero attached hydrogens (tertiary/aromatic N) is 3. The first-order chi connectivity index (χ1) is 8.70. The van der Waals surface area contributed by atoms with Gasteiger partial charge in [0.1, 0.15) is 0 Å². The van der Waals surface area contributed by atoms with E-state index in [0.29, 0.717) is 12.1 Å². The van der Waals surface area contributed by atoms with Gasteiger partial charge in [0, 0.05) is 38.1 Å². The second kappa shape index (κ2) is 5.48. The average molecular weight is 247 g/mol. The van der Waals surface area contributed by atoms with Gasteiger partial charge in [-0.05, 0) is 6.42 Å². The van der Waals surface area contributed by atoms with Gasteiger partial charge in [-0.1, -0.05) is 6.92 Å². The van der Waals surface area contributed by atoms with E-state index in [4.69, 9.17) is 0 Å². The van der Waals surface area contributed by atoms with Crippen LogP contribution in [0.15, 0.2) is 18.7 Å². The van der Waals surface area contributed by atoms with Crippen molar-refractivity contribution in [3.8, 4) is 0 Å². The van der Waals surface area contributed by atoms with E-state index in [2.05, 4.69) is 20.4 Å². The molecule has 0 bridgehead atoms. The van der Waals surface area contributed by atoms with E-state index in [-0.39, 0.29) is 5.91 Å². The number of aryl methyl sites for hydroxylation is 2. The van der Waals surface area contributed by atoms with Crippen molar-refractivity contribution in [2.45, 2.75) is 19.8 Å². The zero-order valence-electron chi connectivity index (χ0n) is 10.6. The van der Waals surface area contributed by atoms with Gasteiger partial charge in [-0.2, -0.15) is 5.10 Å². The van der Waals surface area contributed by atoms with E-state index in [1.165, 1.54) is 0 Å². The quantitative estimate of drug-likeness (QED) is 0.815. The lowest BCUT2D eigenvalue weighted by atomic mass is 10.2. The maximum atomic E-state index is 12.0. The van der Waals surface area contributed by atoms with Crippen LogP contribution in [0.5, 0.6) is 0 Å². The van der Waals surface area contributed by atoms with Crippen LogP contribution in [-0.4, -0.2) is 32.2 Å². The lowest BCUT2D eigenvalue weighted by Gasteiger charge is -2.03. The van der Waals surface area contributed by atoms with Crippen molar-refractivity contribution >= 4 is 5.91 Å². The molecule has 1 amide bonds. The number of H-pyrrole nitrogens is 1. The number of nitrogens with one attached hydrogen (secondary N) is 2. The fourth-order valence-corrected chi connectivity index (χ4v) is 1.81. The first-order valence-corrected chi connectivity index (χ1v) is 5.98. The Morgan fingerprint density at radius 1 is 1.56 bits per heavy atom. The Labute approximate surface area is 105 Å². The Kier molecular flexibility index (Phi) is 3.76. The van der Waals surface area contributed by atoms with Crippen LogP contribution in [0.25, 0.3) is 0 Å². The van der Waals surface area contributed by atoms with Crippen molar-refractivity contribution in [3.05, 3.63) is 35.7 Å². The second-order valence-corrected chi connectivity index (χ2v) is 4.10. The molecule has 2 aromatic rings. The molecule has 0 aliphatic heterocycles. The van der Waals surface area contributed by atoms with Crippen LogP contribution in [0.1, 0.15) is 28.7 Å². The summed E-state index contributed by atoms with van der Waals surface area (Å²) < 4.78 is 1.67. The molecule has 2 aromatic heterocycles. The second-order valence-electron chi connectivity index (χ2n) is 4.10. The van der Waals surface area contributed by atoms with Crippen LogP contribution >= 0.6 is 0 Å². The van der Waals surface area contributed by atoms with Gasteiger partial charge in [-0.15, -0.1) is 0 Å². The predicted octanol–water partition coefficient (Wildman–Crippen LogP) is 0.678. The lowest BCUT2D eigenvalue weighted by molar-refractivity contribution is 0.0953. The number of aromatic amines is 1. The van der Waals surface area contributed by atoms with Gasteiger partial charge in [0.25, 0.3) is 5.91 Å². The maximum Gasteiger partial charge on any atom is 0.254 e. The number of imidazole rings is 1. The average Bonchev–Trinajstić information content (AvgIpc) is 2.98. The molecule has 0 unspecified atom stereocenters. The minimum Gasteiger partial charge on any atom is -0.352 e. The van der Waals surface area contributed by atoms with Crippen molar-refractivity contribution < 1.29 is 4.79 Å². The molecule has 0 aromatic carbocycles. The molecule has 18 heavy (non-hydrogen) atoms. The first kappa shape index (κ1) is 12.3. The van der Waals surface area contributed by atoms with E-state index in [0.717, 1.165) is 24.2 Å². The van der Waals surface area contributed by atoms with Gasteiger partial charge in [-0.3, -0.25) is 9.48 Å². The lowest BCUT2D eigenvalue weighted by Crippen LogP contribution is -2.26. The number of hydrogen-bond acceptors (Lipinski definition) is 3. The Hall–Kier alpha value is -2.11. The van der Waals surface area contributed by atoms with Crippen molar-refractivity contribution in [2.24, 2.45) is 7.05 Å². The molecule has 0 saturated heterocycles. The summed E-state index contributed by atoms with van der Waals surface area (Å²) in [5.41, 5.74) is 2.50. The van der Waals surface area contributed by atoms with E-state index < -0.39 is 0 Å². The summed E-state index contributed by atoms with van der Waals surface area (Å²) in [6.45, 7) is 2.57. The number of aromatic nitrogens is 4. The zero-order chi connectivity index (χ0) is 13.0. The van der Waals surface area contributed by atoms with Crippen LogP contribution in [0.2, 0.25) is 0 Å². The molecular formula is C12H17N5O. The van der Waals surface area contributed by atoms with Crippen molar-refractivity contribution in [1.29, 1.82) is 0 Å². The number of carbonyl (C=O) groups excluding carboxylic acids is 1. The molecule has 2 rings (SSSR count). The topological polar surface area (TPSA) is 75.6 Å². The Balaban J connectivity index is 1.91. The van der Waals surface area contributed by atoms with Crippen LogP contribution in [0.4, 0.5) is 0 Å². The first-order valence-electron chi connectivity index (χ1n) is 5.98. The highest BCUT2D eigenvalue weighted by molar-refractivity contribution is 5.95. The van der Waals surface area contributed by atoms with Crippen molar-refractivity contribution in [3.63, 3.8) is 0 Å². The maximum absolute atomic E-state index is 12.0. The molecule has 0 aliphatic carbocycles. The number of rotatable bonds is 5. The third-order valence-corrected chi connectivity index (χ3v) is 2.72. The summed E-state index contributed by atoms with van der Waals surface area (Å²) in [5, 5.41) is 7.13. The van der Waals surface area contributed by atoms with Gasteiger partial charge >= 0.3 is 0 Å². The van der Waals surface area contributed by atoms with E-state index in [1.54, 1.807) is 23.4 Å². The molecule has 0 spiro atoms. The Bertz CT molecular complexity index is 515. The van der Waals surface area contributed by atoms with Crippen molar-refractivity contribution in [2.75, 3.05) is 6.54 Å². The van der Waals surface area contributed by atoms with Crippen molar-refractivity contribution in [1.82, 2.24) is 25.1 Å². The summed E-state index contributed by atoms with van der Waals surface area (Å²) in [5.74, 6) is -0.0699. The smallest absolute Gasteiger partial charge is 0.254 e. The molecule has 2 heterocycles. The van der Waals surface area contributed by atoms with E-state index >= 15 is 0 Å². The highest BCUT2D eigenvalue weighted by Crippen LogP contribution is 2.06. The summed E-state index contributed by atoms with van der Waals surface area (Å²) >= 11 is 0. The summed E-state index contributed by atoms with van der Waals surface area (Å²) in [6.07, 6.45) is 6.64. The zero-order valence-corrected chi connectivity index (χ0v) is 10.6. The molecule has 6 heteroatoms. The van der Waals surface area contributed by atoms with Gasteiger partial charge < -0.3 is 10.3 Å². The monoisotopic (exact) mass is 247 g/mol. The minimum absolute atomic E-state index is 0.0699. The molecular weight excluding hydrogens is 230 g/mol. The highest BCUT2D eigenvalue weighted by atomic mass is 16.1. The number of hydrogen-bond donors (Lipinski definition) is 2. The molecule has 0 atom stereocenters. The Morgan fingerprint density at radius 3 is 3.06 bits per heavy atom. The van der Waals surface area contributed by atoms with E-state index in [9.17, 15) is 4.79 Å². The summed E-state index contributed by atoms with van der Waals surface area (Å²) in [7, 11) is 1.82. The Morgan fingerprint density at radius 2 is 2.39 bits per heavy atom. The molecule has 0 fully saturated rings. The third-order valence-electron chi connectivity index (χ3n) is 2.72. The summed E-state index contributed by atoms with van der Waals surface area (Å²) in [6, 6.07) is 0. The predicted molar refractivity (Wildman–Crippen MR) is 67.2 cm³/mol. The van der Waals surface area contributed by atoms with Gasteiger partial charge in [0.05, 0.1) is 17.6 Å². The van der Waals surface area contributed by atoms with Crippen LogP contribution in [-0.2, 0) is 19.9 Å².